The molecular formula is C24H26N6O2. The zero-order chi connectivity index (χ0) is 22.3. The maximum Gasteiger partial charge on any atom is 0.165 e. The number of hydrogen-bond donors (Lipinski definition) is 5. The molecule has 2 aromatic carbocycles. The van der Waals surface area contributed by atoms with Gasteiger partial charge in [0.05, 0.1) is 22.4 Å². The predicted molar refractivity (Wildman–Crippen MR) is 124 cm³/mol. The van der Waals surface area contributed by atoms with E-state index in [-0.39, 0.29) is 17.7 Å². The number of aromatic amines is 1. The number of aromatic nitrogens is 4. The van der Waals surface area contributed by atoms with Gasteiger partial charge in [-0.25, -0.2) is 9.97 Å². The molecule has 5 rings (SSSR count). The van der Waals surface area contributed by atoms with Gasteiger partial charge in [0.15, 0.2) is 5.82 Å². The van der Waals surface area contributed by atoms with Crippen molar-refractivity contribution in [1.82, 2.24) is 25.5 Å². The number of nitrogens with one attached hydrogen (secondary N) is 3. The molecule has 3 heterocycles. The molecule has 32 heavy (non-hydrogen) atoms. The van der Waals surface area contributed by atoms with E-state index in [4.69, 9.17) is 9.97 Å². The van der Waals surface area contributed by atoms with Crippen LogP contribution >= 0.6 is 0 Å². The Labute approximate surface area is 185 Å². The Morgan fingerprint density at radius 3 is 2.69 bits per heavy atom. The average Bonchev–Trinajstić information content (AvgIpc) is 3.46. The van der Waals surface area contributed by atoms with Crippen molar-refractivity contribution in [2.45, 2.75) is 25.5 Å². The van der Waals surface area contributed by atoms with Gasteiger partial charge in [-0.3, -0.25) is 5.10 Å². The topological polar surface area (TPSA) is 119 Å². The lowest BCUT2D eigenvalue weighted by atomic mass is 9.87. The molecule has 0 bridgehead atoms. The van der Waals surface area contributed by atoms with Gasteiger partial charge in [-0.1, -0.05) is 12.1 Å². The third kappa shape index (κ3) is 3.79. The number of para-hydroxylation sites is 1. The molecule has 2 atom stereocenters. The first-order valence-corrected chi connectivity index (χ1v) is 10.7. The summed E-state index contributed by atoms with van der Waals surface area (Å²) in [5.74, 6) is 1.23. The molecule has 0 radical (unpaired) electrons. The van der Waals surface area contributed by atoms with Crippen LogP contribution in [0, 0.1) is 5.92 Å². The molecule has 1 aliphatic rings. The number of anilines is 1. The van der Waals surface area contributed by atoms with Crippen LogP contribution in [-0.2, 0) is 0 Å². The van der Waals surface area contributed by atoms with Crippen molar-refractivity contribution >= 4 is 16.7 Å². The van der Waals surface area contributed by atoms with Crippen molar-refractivity contribution < 1.29 is 10.2 Å². The first-order valence-electron chi connectivity index (χ1n) is 10.7. The number of phenolic OH excluding ortho intramolecular Hbond substituents is 1. The number of aromatic hydroxyl groups is 1. The second-order valence-electron chi connectivity index (χ2n) is 8.77. The van der Waals surface area contributed by atoms with Crippen molar-refractivity contribution in [2.24, 2.45) is 5.92 Å². The number of benzene rings is 2. The highest BCUT2D eigenvalue weighted by atomic mass is 16.3. The third-order valence-electron chi connectivity index (χ3n) is 6.08. The Bertz CT molecular complexity index is 1250. The van der Waals surface area contributed by atoms with Gasteiger partial charge in [-0.05, 0) is 50.2 Å². The van der Waals surface area contributed by atoms with Crippen LogP contribution in [0.3, 0.4) is 0 Å². The van der Waals surface area contributed by atoms with Crippen molar-refractivity contribution in [3.05, 3.63) is 54.7 Å². The smallest absolute Gasteiger partial charge is 0.165 e. The van der Waals surface area contributed by atoms with E-state index in [1.807, 2.05) is 56.3 Å². The fourth-order valence-corrected chi connectivity index (χ4v) is 4.35. The van der Waals surface area contributed by atoms with Gasteiger partial charge < -0.3 is 20.8 Å². The van der Waals surface area contributed by atoms with E-state index >= 15 is 0 Å². The minimum absolute atomic E-state index is 0.00476. The molecule has 2 aromatic heterocycles. The van der Waals surface area contributed by atoms with Crippen LogP contribution in [0.4, 0.5) is 5.82 Å². The molecule has 1 fully saturated rings. The maximum atomic E-state index is 10.6. The largest absolute Gasteiger partial charge is 0.507 e. The van der Waals surface area contributed by atoms with E-state index in [1.165, 1.54) is 0 Å². The number of fused-ring (bicyclic) bond motifs is 1. The summed E-state index contributed by atoms with van der Waals surface area (Å²) in [6, 6.07) is 15.0. The number of rotatable bonds is 5. The van der Waals surface area contributed by atoms with Crippen LogP contribution in [0.2, 0.25) is 0 Å². The highest BCUT2D eigenvalue weighted by Crippen LogP contribution is 2.34. The molecule has 0 unspecified atom stereocenters. The van der Waals surface area contributed by atoms with Crippen molar-refractivity contribution in [3.63, 3.8) is 0 Å². The van der Waals surface area contributed by atoms with Crippen LogP contribution in [0.15, 0.2) is 54.7 Å². The Balaban J connectivity index is 1.60. The number of hydrogen-bond acceptors (Lipinski definition) is 7. The number of phenols is 1. The summed E-state index contributed by atoms with van der Waals surface area (Å²) in [5.41, 5.74) is 2.10. The summed E-state index contributed by atoms with van der Waals surface area (Å²) < 4.78 is 0. The summed E-state index contributed by atoms with van der Waals surface area (Å²) >= 11 is 0. The molecular weight excluding hydrogens is 404 g/mol. The van der Waals surface area contributed by atoms with Crippen molar-refractivity contribution in [1.29, 1.82) is 0 Å². The second kappa shape index (κ2) is 7.89. The summed E-state index contributed by atoms with van der Waals surface area (Å²) in [5, 5.41) is 36.1. The van der Waals surface area contributed by atoms with E-state index in [9.17, 15) is 10.2 Å². The molecule has 1 aliphatic heterocycles. The van der Waals surface area contributed by atoms with E-state index in [0.29, 0.717) is 17.2 Å². The fourth-order valence-electron chi connectivity index (χ4n) is 4.35. The van der Waals surface area contributed by atoms with Gasteiger partial charge in [0.1, 0.15) is 11.6 Å². The summed E-state index contributed by atoms with van der Waals surface area (Å²) in [4.78, 5) is 9.54. The Morgan fingerprint density at radius 1 is 1.06 bits per heavy atom. The highest BCUT2D eigenvalue weighted by molar-refractivity contribution is 5.91. The minimum atomic E-state index is -0.830. The van der Waals surface area contributed by atoms with Gasteiger partial charge in [-0.2, -0.15) is 5.10 Å². The van der Waals surface area contributed by atoms with Gasteiger partial charge in [0.2, 0.25) is 0 Å². The van der Waals surface area contributed by atoms with Crippen LogP contribution in [0.25, 0.3) is 33.5 Å². The van der Waals surface area contributed by atoms with Crippen LogP contribution in [-0.4, -0.2) is 55.1 Å². The molecule has 0 amide bonds. The monoisotopic (exact) mass is 430 g/mol. The van der Waals surface area contributed by atoms with Crippen LogP contribution in [0.5, 0.6) is 5.75 Å². The number of aliphatic hydroxyl groups is 1. The standard InChI is InChI=1S/C24H26N6O2/c1-24(2,32)17-12-25-13-20(17)28-22-15-5-3-4-6-19(15)27-23(29-22)16-11-14(7-8-21(16)31)18-9-10-26-30-18/h3-11,17,20,25,31-32H,12-13H2,1-2H3,(H,26,30)(H,27,28,29)/t17-,20+/m0/s1. The average molecular weight is 431 g/mol. The van der Waals surface area contributed by atoms with Crippen molar-refractivity contribution in [2.75, 3.05) is 18.4 Å². The van der Waals surface area contributed by atoms with Gasteiger partial charge in [-0.15, -0.1) is 0 Å². The van der Waals surface area contributed by atoms with Gasteiger partial charge >= 0.3 is 0 Å². The lowest BCUT2D eigenvalue weighted by Gasteiger charge is -2.31. The third-order valence-corrected chi connectivity index (χ3v) is 6.08. The SMILES string of the molecule is CC(C)(O)[C@H]1CNC[C@H]1Nc1nc(-c2cc(-c3cc[nH]n3)ccc2O)nc2ccccc12. The molecule has 5 N–H and O–H groups in total. The zero-order valence-corrected chi connectivity index (χ0v) is 18.0. The lowest BCUT2D eigenvalue weighted by molar-refractivity contribution is 0.0219. The predicted octanol–water partition coefficient (Wildman–Crippen LogP) is 3.16. The van der Waals surface area contributed by atoms with Gasteiger partial charge in [0.25, 0.3) is 0 Å². The molecule has 0 saturated carbocycles. The summed E-state index contributed by atoms with van der Waals surface area (Å²) in [6.45, 7) is 5.12. The molecule has 0 aliphatic carbocycles. The van der Waals surface area contributed by atoms with E-state index in [2.05, 4.69) is 20.8 Å². The van der Waals surface area contributed by atoms with Gasteiger partial charge in [0, 0.05) is 42.2 Å². The highest BCUT2D eigenvalue weighted by Gasteiger charge is 2.38. The van der Waals surface area contributed by atoms with E-state index in [1.54, 1.807) is 12.3 Å². The summed E-state index contributed by atoms with van der Waals surface area (Å²) in [7, 11) is 0. The van der Waals surface area contributed by atoms with E-state index < -0.39 is 5.60 Å². The molecule has 164 valence electrons. The van der Waals surface area contributed by atoms with Crippen LogP contribution < -0.4 is 10.6 Å². The first-order chi connectivity index (χ1) is 15.4. The zero-order valence-electron chi connectivity index (χ0n) is 18.0. The molecule has 8 heteroatoms. The second-order valence-corrected chi connectivity index (χ2v) is 8.77. The van der Waals surface area contributed by atoms with E-state index in [0.717, 1.165) is 35.2 Å². The molecule has 0 spiro atoms. The molecule has 1 saturated heterocycles. The Morgan fingerprint density at radius 2 is 1.91 bits per heavy atom. The fraction of sp³-hybridized carbons (Fsp3) is 0.292. The number of nitrogens with zero attached hydrogens (tertiary/aromatic N) is 3. The van der Waals surface area contributed by atoms with Crippen molar-refractivity contribution in [3.8, 4) is 28.4 Å². The minimum Gasteiger partial charge on any atom is -0.507 e. The normalized spacial score (nSPS) is 18.8. The molecule has 8 nitrogen and oxygen atoms in total. The van der Waals surface area contributed by atoms with Crippen LogP contribution in [0.1, 0.15) is 13.8 Å². The number of H-pyrrole nitrogens is 1. The Kier molecular flexibility index (Phi) is 5.03. The maximum absolute atomic E-state index is 10.6. The first kappa shape index (κ1) is 20.4. The molecule has 4 aromatic rings. The lowest BCUT2D eigenvalue weighted by Crippen LogP contribution is -2.42. The summed E-state index contributed by atoms with van der Waals surface area (Å²) in [6.07, 6.45) is 1.76. The Hall–Kier alpha value is -3.49. The quantitative estimate of drug-likeness (QED) is 0.330.